The van der Waals surface area contributed by atoms with Gasteiger partial charge < -0.3 is 15.2 Å². The Hall–Kier alpha value is -1.92. The molecule has 0 amide bonds. The number of benzene rings is 1. The fraction of sp³-hybridized carbons (Fsp3) is 0.417. The summed E-state index contributed by atoms with van der Waals surface area (Å²) in [7, 11) is 1.40. The molecule has 0 radical (unpaired) electrons. The summed E-state index contributed by atoms with van der Waals surface area (Å²) in [6.07, 6.45) is -5.19. The van der Waals surface area contributed by atoms with Crippen LogP contribution in [0.4, 0.5) is 13.2 Å². The van der Waals surface area contributed by atoms with Gasteiger partial charge in [0.15, 0.2) is 11.5 Å². The average Bonchev–Trinajstić information content (AvgIpc) is 2.33. The number of halogens is 3. The first kappa shape index (κ1) is 15.1. The van der Waals surface area contributed by atoms with Crippen molar-refractivity contribution in [3.8, 4) is 11.5 Å². The summed E-state index contributed by atoms with van der Waals surface area (Å²) in [4.78, 5) is 0. The van der Waals surface area contributed by atoms with Crippen LogP contribution < -0.4 is 15.2 Å². The second-order valence-corrected chi connectivity index (χ2v) is 3.85. The standard InChI is InChI=1S/C12H15F3N2O2/c1-18-10-7-8(11(16)17)3-4-9(10)19-6-2-5-12(13,14)15/h3-4,7H,2,5-6H2,1H3,(H3,16,17). The Morgan fingerprint density at radius 2 is 2.00 bits per heavy atom. The van der Waals surface area contributed by atoms with Gasteiger partial charge >= 0.3 is 6.18 Å². The highest BCUT2D eigenvalue weighted by Crippen LogP contribution is 2.28. The molecule has 0 aliphatic carbocycles. The summed E-state index contributed by atoms with van der Waals surface area (Å²) in [6, 6.07) is 4.56. The highest BCUT2D eigenvalue weighted by Gasteiger charge is 2.26. The number of rotatable bonds is 6. The Bertz CT molecular complexity index is 447. The van der Waals surface area contributed by atoms with Crippen molar-refractivity contribution in [1.82, 2.24) is 0 Å². The molecule has 0 aliphatic heterocycles. The summed E-state index contributed by atoms with van der Waals surface area (Å²) in [6.45, 7) is -0.0602. The van der Waals surface area contributed by atoms with Gasteiger partial charge in [0.05, 0.1) is 13.7 Å². The van der Waals surface area contributed by atoms with Crippen LogP contribution in [0.3, 0.4) is 0 Å². The van der Waals surface area contributed by atoms with E-state index in [1.165, 1.54) is 19.2 Å². The summed E-state index contributed by atoms with van der Waals surface area (Å²) in [5, 5.41) is 7.27. The van der Waals surface area contributed by atoms with Gasteiger partial charge in [0.2, 0.25) is 0 Å². The number of methoxy groups -OCH3 is 1. The molecule has 19 heavy (non-hydrogen) atoms. The molecule has 0 bridgehead atoms. The maximum absolute atomic E-state index is 12.0. The van der Waals surface area contributed by atoms with Crippen LogP contribution in [0.25, 0.3) is 0 Å². The summed E-state index contributed by atoms with van der Waals surface area (Å²) >= 11 is 0. The van der Waals surface area contributed by atoms with Gasteiger partial charge in [-0.1, -0.05) is 0 Å². The molecule has 0 fully saturated rings. The average molecular weight is 276 g/mol. The number of nitrogens with one attached hydrogen (secondary N) is 1. The third-order valence-corrected chi connectivity index (χ3v) is 2.34. The van der Waals surface area contributed by atoms with Crippen molar-refractivity contribution in [3.05, 3.63) is 23.8 Å². The molecule has 7 heteroatoms. The van der Waals surface area contributed by atoms with Crippen LogP contribution in [0.5, 0.6) is 11.5 Å². The van der Waals surface area contributed by atoms with Gasteiger partial charge in [0.1, 0.15) is 5.84 Å². The maximum Gasteiger partial charge on any atom is 0.389 e. The largest absolute Gasteiger partial charge is 0.493 e. The van der Waals surface area contributed by atoms with E-state index in [1.807, 2.05) is 0 Å². The normalized spacial score (nSPS) is 11.2. The van der Waals surface area contributed by atoms with Crippen LogP contribution in [0.2, 0.25) is 0 Å². The first-order chi connectivity index (χ1) is 8.83. The molecule has 1 aromatic carbocycles. The molecule has 1 aromatic rings. The molecule has 0 heterocycles. The van der Waals surface area contributed by atoms with Crippen molar-refractivity contribution in [2.24, 2.45) is 5.73 Å². The van der Waals surface area contributed by atoms with Gasteiger partial charge in [0.25, 0.3) is 0 Å². The Labute approximate surface area is 108 Å². The predicted molar refractivity (Wildman–Crippen MR) is 64.8 cm³/mol. The van der Waals surface area contributed by atoms with Crippen LogP contribution in [0.1, 0.15) is 18.4 Å². The SMILES string of the molecule is COc1cc(C(=N)N)ccc1OCCCC(F)(F)F. The molecule has 1 rings (SSSR count). The van der Waals surface area contributed by atoms with E-state index in [0.717, 1.165) is 0 Å². The molecule has 4 nitrogen and oxygen atoms in total. The van der Waals surface area contributed by atoms with Gasteiger partial charge in [-0.2, -0.15) is 13.2 Å². The monoisotopic (exact) mass is 276 g/mol. The van der Waals surface area contributed by atoms with Crippen LogP contribution in [0.15, 0.2) is 18.2 Å². The molecule has 0 atom stereocenters. The lowest BCUT2D eigenvalue weighted by Gasteiger charge is -2.12. The van der Waals surface area contributed by atoms with Crippen LogP contribution in [-0.4, -0.2) is 25.7 Å². The van der Waals surface area contributed by atoms with E-state index in [9.17, 15) is 13.2 Å². The number of alkyl halides is 3. The lowest BCUT2D eigenvalue weighted by Crippen LogP contribution is -2.12. The molecule has 0 aromatic heterocycles. The molecular formula is C12H15F3N2O2. The zero-order valence-electron chi connectivity index (χ0n) is 10.4. The third-order valence-electron chi connectivity index (χ3n) is 2.34. The molecule has 0 saturated carbocycles. The highest BCUT2D eigenvalue weighted by molar-refractivity contribution is 5.95. The van der Waals surface area contributed by atoms with E-state index in [4.69, 9.17) is 20.6 Å². The van der Waals surface area contributed by atoms with Crippen LogP contribution in [-0.2, 0) is 0 Å². The number of hydrogen-bond donors (Lipinski definition) is 2. The fourth-order valence-electron chi connectivity index (χ4n) is 1.41. The van der Waals surface area contributed by atoms with E-state index >= 15 is 0 Å². The Balaban J connectivity index is 2.61. The molecule has 3 N–H and O–H groups in total. The van der Waals surface area contributed by atoms with Crippen molar-refractivity contribution in [1.29, 1.82) is 5.41 Å². The van der Waals surface area contributed by atoms with E-state index in [1.54, 1.807) is 6.07 Å². The first-order valence-corrected chi connectivity index (χ1v) is 5.55. The Morgan fingerprint density at radius 3 is 2.53 bits per heavy atom. The van der Waals surface area contributed by atoms with Crippen molar-refractivity contribution in [3.63, 3.8) is 0 Å². The molecule has 0 spiro atoms. The fourth-order valence-corrected chi connectivity index (χ4v) is 1.41. The van der Waals surface area contributed by atoms with Crippen LogP contribution in [0, 0.1) is 5.41 Å². The molecular weight excluding hydrogens is 261 g/mol. The topological polar surface area (TPSA) is 68.3 Å². The number of ether oxygens (including phenoxy) is 2. The lowest BCUT2D eigenvalue weighted by molar-refractivity contribution is -0.136. The smallest absolute Gasteiger partial charge is 0.389 e. The quantitative estimate of drug-likeness (QED) is 0.477. The van der Waals surface area contributed by atoms with Crippen molar-refractivity contribution < 1.29 is 22.6 Å². The molecule has 0 unspecified atom stereocenters. The zero-order chi connectivity index (χ0) is 14.5. The summed E-state index contributed by atoms with van der Waals surface area (Å²) < 4.78 is 46.1. The Morgan fingerprint density at radius 1 is 1.32 bits per heavy atom. The van der Waals surface area contributed by atoms with Gasteiger partial charge in [-0.3, -0.25) is 5.41 Å². The van der Waals surface area contributed by atoms with Gasteiger partial charge in [-0.15, -0.1) is 0 Å². The number of hydrogen-bond acceptors (Lipinski definition) is 3. The second kappa shape index (κ2) is 6.31. The van der Waals surface area contributed by atoms with Crippen molar-refractivity contribution in [2.45, 2.75) is 19.0 Å². The zero-order valence-corrected chi connectivity index (χ0v) is 10.4. The van der Waals surface area contributed by atoms with E-state index < -0.39 is 12.6 Å². The highest BCUT2D eigenvalue weighted by atomic mass is 19.4. The summed E-state index contributed by atoms with van der Waals surface area (Å²) in [5.41, 5.74) is 5.78. The Kier molecular flexibility index (Phi) is 5.02. The number of amidine groups is 1. The second-order valence-electron chi connectivity index (χ2n) is 3.85. The van der Waals surface area contributed by atoms with Crippen molar-refractivity contribution >= 4 is 5.84 Å². The third kappa shape index (κ3) is 5.07. The maximum atomic E-state index is 12.0. The minimum Gasteiger partial charge on any atom is -0.493 e. The first-order valence-electron chi connectivity index (χ1n) is 5.55. The lowest BCUT2D eigenvalue weighted by atomic mass is 10.2. The minimum atomic E-state index is -4.17. The van der Waals surface area contributed by atoms with E-state index in [-0.39, 0.29) is 18.9 Å². The van der Waals surface area contributed by atoms with Crippen LogP contribution >= 0.6 is 0 Å². The minimum absolute atomic E-state index is 0.0602. The number of nitrogens with two attached hydrogens (primary N) is 1. The van der Waals surface area contributed by atoms with E-state index in [0.29, 0.717) is 17.1 Å². The summed E-state index contributed by atoms with van der Waals surface area (Å²) in [5.74, 6) is 0.538. The van der Waals surface area contributed by atoms with E-state index in [2.05, 4.69) is 0 Å². The van der Waals surface area contributed by atoms with Gasteiger partial charge in [-0.05, 0) is 24.6 Å². The molecule has 0 aliphatic rings. The van der Waals surface area contributed by atoms with Gasteiger partial charge in [0, 0.05) is 12.0 Å². The number of nitrogen functional groups attached to an aromatic ring is 1. The molecule has 0 saturated heterocycles. The van der Waals surface area contributed by atoms with Crippen molar-refractivity contribution in [2.75, 3.05) is 13.7 Å². The molecule has 106 valence electrons. The predicted octanol–water partition coefficient (Wildman–Crippen LogP) is 2.70. The van der Waals surface area contributed by atoms with Gasteiger partial charge in [-0.25, -0.2) is 0 Å².